The summed E-state index contributed by atoms with van der Waals surface area (Å²) in [5.41, 5.74) is 3.71. The van der Waals surface area contributed by atoms with Gasteiger partial charge in [0.15, 0.2) is 0 Å². The summed E-state index contributed by atoms with van der Waals surface area (Å²) in [5, 5.41) is 0.673. The Balaban J connectivity index is 1.33. The van der Waals surface area contributed by atoms with Gasteiger partial charge in [0.1, 0.15) is 5.82 Å². The van der Waals surface area contributed by atoms with Crippen LogP contribution in [0.15, 0.2) is 60.9 Å². The van der Waals surface area contributed by atoms with Crippen LogP contribution in [0.4, 0.5) is 4.39 Å². The lowest BCUT2D eigenvalue weighted by Crippen LogP contribution is -2.38. The van der Waals surface area contributed by atoms with Crippen molar-refractivity contribution in [1.82, 2.24) is 14.9 Å². The molecule has 4 nitrogen and oxygen atoms in total. The van der Waals surface area contributed by atoms with Gasteiger partial charge in [-0.05, 0) is 49.1 Å². The molecule has 0 spiro atoms. The first-order valence-corrected chi connectivity index (χ1v) is 10.6. The monoisotopic (exact) mass is 423 g/mol. The van der Waals surface area contributed by atoms with Crippen molar-refractivity contribution >= 4 is 17.5 Å². The van der Waals surface area contributed by atoms with Crippen LogP contribution >= 0.6 is 11.6 Å². The van der Waals surface area contributed by atoms with Gasteiger partial charge in [-0.15, -0.1) is 0 Å². The highest BCUT2D eigenvalue weighted by molar-refractivity contribution is 6.30. The van der Waals surface area contributed by atoms with Crippen molar-refractivity contribution in [2.24, 2.45) is 0 Å². The number of likely N-dealkylation sites (tertiary alicyclic amines) is 1. The lowest BCUT2D eigenvalue weighted by molar-refractivity contribution is -0.132. The van der Waals surface area contributed by atoms with Crippen molar-refractivity contribution < 1.29 is 9.18 Å². The molecule has 6 heteroatoms. The van der Waals surface area contributed by atoms with Gasteiger partial charge in [0.25, 0.3) is 0 Å². The Kier molecular flexibility index (Phi) is 6.38. The fourth-order valence-electron chi connectivity index (χ4n) is 3.85. The lowest BCUT2D eigenvalue weighted by atomic mass is 9.93. The maximum Gasteiger partial charge on any atom is 0.222 e. The van der Waals surface area contributed by atoms with Crippen molar-refractivity contribution in [1.29, 1.82) is 0 Å². The number of nitrogens with zero attached hydrogens (tertiary/aromatic N) is 3. The van der Waals surface area contributed by atoms with Crippen LogP contribution in [0, 0.1) is 5.82 Å². The molecule has 0 aliphatic carbocycles. The number of benzene rings is 2. The van der Waals surface area contributed by atoms with Gasteiger partial charge in [0, 0.05) is 42.2 Å². The topological polar surface area (TPSA) is 46.1 Å². The summed E-state index contributed by atoms with van der Waals surface area (Å²) in [6.45, 7) is 1.44. The van der Waals surface area contributed by atoms with E-state index >= 15 is 0 Å². The molecule has 0 bridgehead atoms. The normalized spacial score (nSPS) is 14.7. The van der Waals surface area contributed by atoms with E-state index in [0.717, 1.165) is 48.4 Å². The molecular formula is C24H23ClFN3O. The number of carbonyl (C=O) groups is 1. The van der Waals surface area contributed by atoms with Crippen LogP contribution in [-0.4, -0.2) is 33.9 Å². The van der Waals surface area contributed by atoms with E-state index in [1.54, 1.807) is 18.3 Å². The second-order valence-corrected chi connectivity index (χ2v) is 8.06. The summed E-state index contributed by atoms with van der Waals surface area (Å²) in [5.74, 6) is 0.184. The molecule has 3 aromatic rings. The third-order valence-electron chi connectivity index (χ3n) is 5.58. The van der Waals surface area contributed by atoms with Crippen LogP contribution in [0.3, 0.4) is 0 Å². The molecule has 2 heterocycles. The van der Waals surface area contributed by atoms with E-state index in [1.165, 1.54) is 12.1 Å². The number of amides is 1. The molecule has 1 fully saturated rings. The van der Waals surface area contributed by atoms with Gasteiger partial charge < -0.3 is 4.90 Å². The molecule has 4 rings (SSSR count). The fraction of sp³-hybridized carbons (Fsp3) is 0.292. The quantitative estimate of drug-likeness (QED) is 0.561. The summed E-state index contributed by atoms with van der Waals surface area (Å²) in [4.78, 5) is 23.7. The minimum atomic E-state index is -0.255. The van der Waals surface area contributed by atoms with Gasteiger partial charge in [-0.3, -0.25) is 9.78 Å². The Morgan fingerprint density at radius 1 is 1.10 bits per heavy atom. The van der Waals surface area contributed by atoms with E-state index in [0.29, 0.717) is 17.9 Å². The van der Waals surface area contributed by atoms with E-state index in [1.807, 2.05) is 35.4 Å². The zero-order chi connectivity index (χ0) is 20.9. The van der Waals surface area contributed by atoms with E-state index in [4.69, 9.17) is 16.6 Å². The smallest absolute Gasteiger partial charge is 0.222 e. The number of hydrogen-bond donors (Lipinski definition) is 0. The second kappa shape index (κ2) is 9.35. The molecule has 1 amide bonds. The van der Waals surface area contributed by atoms with Gasteiger partial charge in [0.2, 0.25) is 5.91 Å². The highest BCUT2D eigenvalue weighted by Gasteiger charge is 2.25. The first-order chi connectivity index (χ1) is 14.6. The largest absolute Gasteiger partial charge is 0.343 e. The molecule has 1 aliphatic heterocycles. The van der Waals surface area contributed by atoms with Gasteiger partial charge >= 0.3 is 0 Å². The predicted molar refractivity (Wildman–Crippen MR) is 116 cm³/mol. The van der Waals surface area contributed by atoms with Crippen molar-refractivity contribution in [2.45, 2.75) is 31.6 Å². The number of hydrogen-bond acceptors (Lipinski definition) is 3. The number of carbonyl (C=O) groups excluding carboxylic acids is 1. The van der Waals surface area contributed by atoms with Crippen molar-refractivity contribution in [2.75, 3.05) is 13.1 Å². The summed E-state index contributed by atoms with van der Waals surface area (Å²) >= 11 is 6.10. The molecule has 0 saturated carbocycles. The summed E-state index contributed by atoms with van der Waals surface area (Å²) in [6.07, 6.45) is 6.40. The third-order valence-corrected chi connectivity index (χ3v) is 5.82. The maximum absolute atomic E-state index is 13.0. The minimum absolute atomic E-state index is 0.150. The molecule has 2 aromatic carbocycles. The number of piperidine rings is 1. The molecule has 30 heavy (non-hydrogen) atoms. The Labute approximate surface area is 180 Å². The zero-order valence-corrected chi connectivity index (χ0v) is 17.4. The molecular weight excluding hydrogens is 401 g/mol. The maximum atomic E-state index is 13.0. The highest BCUT2D eigenvalue weighted by Crippen LogP contribution is 2.29. The summed E-state index contributed by atoms with van der Waals surface area (Å²) in [6, 6.07) is 13.9. The number of halogens is 2. The lowest BCUT2D eigenvalue weighted by Gasteiger charge is -2.32. The molecule has 0 radical (unpaired) electrons. The Morgan fingerprint density at radius 3 is 2.60 bits per heavy atom. The third kappa shape index (κ3) is 5.03. The molecule has 1 aliphatic rings. The van der Waals surface area contributed by atoms with Gasteiger partial charge in [0.05, 0.1) is 17.6 Å². The molecule has 1 saturated heterocycles. The SMILES string of the molecule is O=C(CCc1ccc(F)cc1)N1CCC(c2cncc(-c3cccc(Cl)c3)n2)CC1. The molecule has 154 valence electrons. The average Bonchev–Trinajstić information content (AvgIpc) is 2.79. The second-order valence-electron chi connectivity index (χ2n) is 7.62. The van der Waals surface area contributed by atoms with E-state index in [9.17, 15) is 9.18 Å². The molecule has 0 N–H and O–H groups in total. The van der Waals surface area contributed by atoms with Crippen LogP contribution in [-0.2, 0) is 11.2 Å². The Bertz CT molecular complexity index is 1020. The fourth-order valence-corrected chi connectivity index (χ4v) is 4.04. The minimum Gasteiger partial charge on any atom is -0.343 e. The van der Waals surface area contributed by atoms with Crippen LogP contribution in [0.1, 0.15) is 36.4 Å². The number of aromatic nitrogens is 2. The van der Waals surface area contributed by atoms with Crippen LogP contribution in [0.25, 0.3) is 11.3 Å². The average molecular weight is 424 g/mol. The number of aryl methyl sites for hydroxylation is 1. The van der Waals surface area contributed by atoms with Gasteiger partial charge in [-0.2, -0.15) is 0 Å². The highest BCUT2D eigenvalue weighted by atomic mass is 35.5. The first kappa shape index (κ1) is 20.5. The van der Waals surface area contributed by atoms with Crippen LogP contribution in [0.5, 0.6) is 0 Å². The molecule has 0 atom stereocenters. The first-order valence-electron chi connectivity index (χ1n) is 10.2. The van der Waals surface area contributed by atoms with Crippen molar-refractivity contribution in [3.8, 4) is 11.3 Å². The van der Waals surface area contributed by atoms with Crippen LogP contribution in [0.2, 0.25) is 5.02 Å². The van der Waals surface area contributed by atoms with Crippen molar-refractivity contribution in [3.05, 3.63) is 83.0 Å². The standard InChI is InChI=1S/C24H23ClFN3O/c25-20-3-1-2-19(14-20)23-16-27-15-22(28-23)18-10-12-29(13-11-18)24(30)9-6-17-4-7-21(26)8-5-17/h1-5,7-8,14-16,18H,6,9-13H2. The van der Waals surface area contributed by atoms with Crippen LogP contribution < -0.4 is 0 Å². The summed E-state index contributed by atoms with van der Waals surface area (Å²) < 4.78 is 13.0. The van der Waals surface area contributed by atoms with E-state index in [-0.39, 0.29) is 17.6 Å². The van der Waals surface area contributed by atoms with E-state index < -0.39 is 0 Å². The zero-order valence-electron chi connectivity index (χ0n) is 16.6. The molecule has 1 aromatic heterocycles. The van der Waals surface area contributed by atoms with Gasteiger partial charge in [-0.25, -0.2) is 9.37 Å². The Morgan fingerprint density at radius 2 is 1.87 bits per heavy atom. The number of rotatable bonds is 5. The predicted octanol–water partition coefficient (Wildman–Crippen LogP) is 5.27. The summed E-state index contributed by atoms with van der Waals surface area (Å²) in [7, 11) is 0. The van der Waals surface area contributed by atoms with Gasteiger partial charge in [-0.1, -0.05) is 35.9 Å². The van der Waals surface area contributed by atoms with E-state index in [2.05, 4.69) is 4.98 Å². The van der Waals surface area contributed by atoms with Crippen molar-refractivity contribution in [3.63, 3.8) is 0 Å². The Hall–Kier alpha value is -2.79. The molecule has 0 unspecified atom stereocenters.